The lowest BCUT2D eigenvalue weighted by Gasteiger charge is -2.22. The highest BCUT2D eigenvalue weighted by atomic mass is 32.2. The van der Waals surface area contributed by atoms with Gasteiger partial charge in [0.25, 0.3) is 5.91 Å². The van der Waals surface area contributed by atoms with Crippen molar-refractivity contribution in [1.29, 1.82) is 0 Å². The Hall–Kier alpha value is -3.50. The number of benzene rings is 3. The number of methoxy groups -OCH3 is 1. The van der Waals surface area contributed by atoms with E-state index < -0.39 is 22.5 Å². The number of aliphatic hydroxyl groups excluding tert-OH is 1. The number of nitrogens with zero attached hydrogens (tertiary/aromatic N) is 1. The Morgan fingerprint density at radius 1 is 0.972 bits per heavy atom. The van der Waals surface area contributed by atoms with Gasteiger partial charge in [0.05, 0.1) is 6.26 Å². The maximum Gasteiger partial charge on any atom is 0.306 e. The predicted molar refractivity (Wildman–Crippen MR) is 138 cm³/mol. The molecule has 8 nitrogen and oxygen atoms in total. The molecule has 1 amide bonds. The first-order chi connectivity index (χ1) is 17.2. The minimum absolute atomic E-state index is 0.176. The normalized spacial score (nSPS) is 12.6. The van der Waals surface area contributed by atoms with Crippen LogP contribution in [0.4, 0.5) is 5.69 Å². The standard InChI is InChI=1S/C27H29NO7S/c1-34-25(27(30)31)19-21-10-14-23(15-11-21)28(26(29)22-8-4-3-5-9-22)18-6-7-20-12-16-24(17-13-20)35-36(2,32)33/h3-17,25,27,30-31H,18-19H2,1-2H3/b7-6+/t25-/m0/s1. The molecule has 0 saturated heterocycles. The van der Waals surface area contributed by atoms with Gasteiger partial charge in [0.1, 0.15) is 11.9 Å². The molecular formula is C27H29NO7S. The molecule has 0 spiro atoms. The lowest BCUT2D eigenvalue weighted by Crippen LogP contribution is -2.31. The molecule has 0 radical (unpaired) electrons. The smallest absolute Gasteiger partial charge is 0.306 e. The molecule has 3 aromatic rings. The van der Waals surface area contributed by atoms with E-state index in [4.69, 9.17) is 8.92 Å². The largest absolute Gasteiger partial charge is 0.383 e. The van der Waals surface area contributed by atoms with Crippen LogP contribution in [0, 0.1) is 0 Å². The monoisotopic (exact) mass is 511 g/mol. The zero-order chi connectivity index (χ0) is 26.1. The van der Waals surface area contributed by atoms with Gasteiger partial charge in [-0.3, -0.25) is 4.79 Å². The Morgan fingerprint density at radius 2 is 1.61 bits per heavy atom. The van der Waals surface area contributed by atoms with Gasteiger partial charge >= 0.3 is 10.1 Å². The van der Waals surface area contributed by atoms with Gasteiger partial charge in [-0.05, 0) is 47.5 Å². The number of amides is 1. The van der Waals surface area contributed by atoms with E-state index in [-0.39, 0.29) is 18.2 Å². The van der Waals surface area contributed by atoms with Crippen molar-refractivity contribution in [1.82, 2.24) is 0 Å². The average molecular weight is 512 g/mol. The highest BCUT2D eigenvalue weighted by molar-refractivity contribution is 7.86. The first-order valence-corrected chi connectivity index (χ1v) is 13.0. The second-order valence-electron chi connectivity index (χ2n) is 8.10. The summed E-state index contributed by atoms with van der Waals surface area (Å²) in [5.41, 5.74) is 2.86. The number of carbonyl (C=O) groups excluding carboxylic acids is 1. The number of hydrogen-bond acceptors (Lipinski definition) is 7. The molecule has 0 aliphatic carbocycles. The highest BCUT2D eigenvalue weighted by Gasteiger charge is 2.19. The molecule has 0 bridgehead atoms. The van der Waals surface area contributed by atoms with E-state index in [1.54, 1.807) is 65.6 Å². The average Bonchev–Trinajstić information content (AvgIpc) is 2.86. The fraction of sp³-hybridized carbons (Fsp3) is 0.222. The molecule has 0 unspecified atom stereocenters. The molecule has 0 heterocycles. The molecule has 0 aromatic heterocycles. The van der Waals surface area contributed by atoms with Crippen molar-refractivity contribution in [3.05, 3.63) is 102 Å². The first-order valence-electron chi connectivity index (χ1n) is 11.2. The summed E-state index contributed by atoms with van der Waals surface area (Å²) in [4.78, 5) is 14.9. The van der Waals surface area contributed by atoms with Gasteiger partial charge in [-0.25, -0.2) is 0 Å². The topological polar surface area (TPSA) is 113 Å². The summed E-state index contributed by atoms with van der Waals surface area (Å²) < 4.78 is 32.5. The molecular weight excluding hydrogens is 482 g/mol. The van der Waals surface area contributed by atoms with Crippen molar-refractivity contribution in [3.63, 3.8) is 0 Å². The van der Waals surface area contributed by atoms with Crippen molar-refractivity contribution in [2.75, 3.05) is 24.8 Å². The predicted octanol–water partition coefficient (Wildman–Crippen LogP) is 3.25. The first kappa shape index (κ1) is 27.1. The van der Waals surface area contributed by atoms with E-state index in [0.717, 1.165) is 17.4 Å². The van der Waals surface area contributed by atoms with Crippen LogP contribution in [0.5, 0.6) is 5.75 Å². The van der Waals surface area contributed by atoms with Gasteiger partial charge in [0, 0.05) is 31.3 Å². The van der Waals surface area contributed by atoms with Crippen molar-refractivity contribution in [2.24, 2.45) is 0 Å². The summed E-state index contributed by atoms with van der Waals surface area (Å²) in [6.07, 6.45) is 2.61. The number of hydrogen-bond donors (Lipinski definition) is 2. The zero-order valence-corrected chi connectivity index (χ0v) is 20.8. The molecule has 3 aromatic carbocycles. The molecule has 190 valence electrons. The quantitative estimate of drug-likeness (QED) is 0.300. The Bertz CT molecular complexity index is 1260. The van der Waals surface area contributed by atoms with E-state index in [1.165, 1.54) is 7.11 Å². The number of carbonyl (C=O) groups is 1. The zero-order valence-electron chi connectivity index (χ0n) is 20.0. The number of aliphatic hydroxyl groups is 2. The van der Waals surface area contributed by atoms with Gasteiger partial charge in [0.2, 0.25) is 0 Å². The molecule has 36 heavy (non-hydrogen) atoms. The summed E-state index contributed by atoms with van der Waals surface area (Å²) >= 11 is 0. The van der Waals surface area contributed by atoms with E-state index in [0.29, 0.717) is 17.7 Å². The molecule has 0 aliphatic rings. The molecule has 0 saturated carbocycles. The summed E-state index contributed by atoms with van der Waals surface area (Å²) in [5, 5.41) is 18.8. The third-order valence-corrected chi connectivity index (χ3v) is 5.81. The van der Waals surface area contributed by atoms with Crippen molar-refractivity contribution >= 4 is 27.8 Å². The Morgan fingerprint density at radius 3 is 2.17 bits per heavy atom. The van der Waals surface area contributed by atoms with Crippen LogP contribution < -0.4 is 9.08 Å². The van der Waals surface area contributed by atoms with Gasteiger partial charge in [-0.2, -0.15) is 8.42 Å². The highest BCUT2D eigenvalue weighted by Crippen LogP contribution is 2.21. The molecule has 9 heteroatoms. The summed E-state index contributed by atoms with van der Waals surface area (Å²) in [6, 6.07) is 22.7. The number of rotatable bonds is 11. The van der Waals surface area contributed by atoms with E-state index in [1.807, 2.05) is 30.4 Å². The van der Waals surface area contributed by atoms with Crippen molar-refractivity contribution in [2.45, 2.75) is 18.8 Å². The second-order valence-corrected chi connectivity index (χ2v) is 9.67. The van der Waals surface area contributed by atoms with Crippen LogP contribution in [0.3, 0.4) is 0 Å². The lowest BCUT2D eigenvalue weighted by atomic mass is 10.1. The molecule has 3 rings (SSSR count). The molecule has 2 N–H and O–H groups in total. The van der Waals surface area contributed by atoms with Crippen LogP contribution in [0.1, 0.15) is 21.5 Å². The Labute approximate surface area is 211 Å². The van der Waals surface area contributed by atoms with Crippen LogP contribution in [-0.4, -0.2) is 56.8 Å². The third-order valence-electron chi connectivity index (χ3n) is 5.31. The van der Waals surface area contributed by atoms with E-state index in [9.17, 15) is 23.4 Å². The summed E-state index contributed by atoms with van der Waals surface area (Å²) in [5.74, 6) is 0.0468. The Balaban J connectivity index is 1.79. The fourth-order valence-electron chi connectivity index (χ4n) is 3.50. The van der Waals surface area contributed by atoms with Crippen LogP contribution in [0.25, 0.3) is 6.08 Å². The fourth-order valence-corrected chi connectivity index (χ4v) is 3.96. The minimum atomic E-state index is -3.59. The van der Waals surface area contributed by atoms with Gasteiger partial charge < -0.3 is 24.0 Å². The van der Waals surface area contributed by atoms with Crippen LogP contribution >= 0.6 is 0 Å². The lowest BCUT2D eigenvalue weighted by molar-refractivity contribution is -0.133. The second kappa shape index (κ2) is 12.5. The summed E-state index contributed by atoms with van der Waals surface area (Å²) in [7, 11) is -2.18. The third kappa shape index (κ3) is 8.03. The minimum Gasteiger partial charge on any atom is -0.383 e. The van der Waals surface area contributed by atoms with Crippen LogP contribution in [0.15, 0.2) is 84.9 Å². The van der Waals surface area contributed by atoms with Gasteiger partial charge in [0.15, 0.2) is 6.29 Å². The summed E-state index contributed by atoms with van der Waals surface area (Å²) in [6.45, 7) is 0.282. The van der Waals surface area contributed by atoms with Crippen LogP contribution in [0.2, 0.25) is 0 Å². The molecule has 1 atom stereocenters. The molecule has 0 fully saturated rings. The Kier molecular flexibility index (Phi) is 9.38. The molecule has 0 aliphatic heterocycles. The maximum absolute atomic E-state index is 13.3. The van der Waals surface area contributed by atoms with Crippen molar-refractivity contribution in [3.8, 4) is 5.75 Å². The van der Waals surface area contributed by atoms with Gasteiger partial charge in [-0.1, -0.05) is 54.6 Å². The SMILES string of the molecule is CO[C@@H](Cc1ccc(N(C/C=C/c2ccc(OS(C)(=O)=O)cc2)C(=O)c2ccccc2)cc1)C(O)O. The maximum atomic E-state index is 13.3. The van der Waals surface area contributed by atoms with Crippen LogP contribution in [-0.2, 0) is 21.3 Å². The van der Waals surface area contributed by atoms with E-state index >= 15 is 0 Å². The van der Waals surface area contributed by atoms with Gasteiger partial charge in [-0.15, -0.1) is 0 Å². The number of anilines is 1. The van der Waals surface area contributed by atoms with Crippen molar-refractivity contribution < 1.29 is 32.3 Å². The van der Waals surface area contributed by atoms with E-state index in [2.05, 4.69) is 0 Å². The number of ether oxygens (including phenoxy) is 1.